The second-order valence-electron chi connectivity index (χ2n) is 4.80. The predicted molar refractivity (Wildman–Crippen MR) is 71.6 cm³/mol. The molecule has 1 aromatic rings. The lowest BCUT2D eigenvalue weighted by Gasteiger charge is -2.22. The summed E-state index contributed by atoms with van der Waals surface area (Å²) >= 11 is 0. The van der Waals surface area contributed by atoms with E-state index in [1.165, 1.54) is 6.33 Å². The summed E-state index contributed by atoms with van der Waals surface area (Å²) < 4.78 is 12.6. The second-order valence-corrected chi connectivity index (χ2v) is 4.80. The second kappa shape index (κ2) is 8.24. The van der Waals surface area contributed by atoms with Gasteiger partial charge in [0.1, 0.15) is 18.3 Å². The van der Waals surface area contributed by atoms with Gasteiger partial charge in [0.25, 0.3) is 0 Å². The van der Waals surface area contributed by atoms with E-state index >= 15 is 0 Å². The molecule has 1 atom stereocenters. The fourth-order valence-corrected chi connectivity index (χ4v) is 1.83. The van der Waals surface area contributed by atoms with Crippen LogP contribution in [0.4, 0.5) is 0 Å². The maximum atomic E-state index is 10.2. The number of nitrogens with zero attached hydrogens (tertiary/aromatic N) is 3. The Morgan fingerprint density at radius 1 is 1.26 bits per heavy atom. The summed E-state index contributed by atoms with van der Waals surface area (Å²) in [6.07, 6.45) is 0.535. The molecule has 1 unspecified atom stereocenters. The summed E-state index contributed by atoms with van der Waals surface area (Å²) in [6, 6.07) is 0. The van der Waals surface area contributed by atoms with Crippen LogP contribution in [-0.4, -0.2) is 45.5 Å². The zero-order valence-corrected chi connectivity index (χ0v) is 12.2. The van der Waals surface area contributed by atoms with Gasteiger partial charge in [-0.25, -0.2) is 9.67 Å². The molecule has 0 fully saturated rings. The number of aliphatic hydroxyl groups is 1. The molecule has 0 saturated carbocycles. The van der Waals surface area contributed by atoms with Gasteiger partial charge in [0.15, 0.2) is 6.29 Å². The molecule has 0 spiro atoms. The Kier molecular flexibility index (Phi) is 6.97. The topological polar surface area (TPSA) is 69.4 Å². The maximum absolute atomic E-state index is 10.2. The van der Waals surface area contributed by atoms with Gasteiger partial charge in [-0.2, -0.15) is 5.10 Å². The van der Waals surface area contributed by atoms with Crippen LogP contribution in [0.5, 0.6) is 0 Å². The average Bonchev–Trinajstić information content (AvgIpc) is 2.75. The van der Waals surface area contributed by atoms with E-state index < -0.39 is 12.4 Å². The smallest absolute Gasteiger partial charge is 0.183 e. The highest BCUT2D eigenvalue weighted by molar-refractivity contribution is 4.88. The Hall–Kier alpha value is -0.980. The molecular formula is C13H25N3O3. The van der Waals surface area contributed by atoms with Crippen LogP contribution >= 0.6 is 0 Å². The van der Waals surface area contributed by atoms with E-state index in [0.717, 1.165) is 12.4 Å². The van der Waals surface area contributed by atoms with Crippen molar-refractivity contribution in [2.75, 3.05) is 13.2 Å². The molecule has 0 radical (unpaired) electrons. The molecule has 1 N–H and O–H groups in total. The number of rotatable bonds is 9. The monoisotopic (exact) mass is 271 g/mol. The zero-order valence-electron chi connectivity index (χ0n) is 12.2. The standard InChI is InChI=1S/C13H25N3O3/c1-5-18-13(19-6-2)11(17)7-12-14-9-15-16(12)8-10(3)4/h9-11,13,17H,5-8H2,1-4H3. The van der Waals surface area contributed by atoms with E-state index in [9.17, 15) is 5.11 Å². The number of aromatic nitrogens is 3. The predicted octanol–water partition coefficient (Wildman–Crippen LogP) is 1.24. The molecular weight excluding hydrogens is 246 g/mol. The quantitative estimate of drug-likeness (QED) is 0.684. The normalized spacial score (nSPS) is 13.4. The number of ether oxygens (including phenoxy) is 2. The maximum Gasteiger partial charge on any atom is 0.183 e. The van der Waals surface area contributed by atoms with Crippen molar-refractivity contribution < 1.29 is 14.6 Å². The number of hydrogen-bond acceptors (Lipinski definition) is 5. The van der Waals surface area contributed by atoms with E-state index in [2.05, 4.69) is 23.9 Å². The Labute approximate surface area is 114 Å². The first kappa shape index (κ1) is 16.1. The molecule has 0 saturated heterocycles. The molecule has 1 heterocycles. The van der Waals surface area contributed by atoms with Gasteiger partial charge in [0, 0.05) is 26.2 Å². The fraction of sp³-hybridized carbons (Fsp3) is 0.846. The molecule has 0 bridgehead atoms. The number of aliphatic hydroxyl groups excluding tert-OH is 1. The van der Waals surface area contributed by atoms with Crippen LogP contribution in [0.2, 0.25) is 0 Å². The van der Waals surface area contributed by atoms with Gasteiger partial charge in [-0.1, -0.05) is 13.8 Å². The SMILES string of the molecule is CCOC(OCC)C(O)Cc1ncnn1CC(C)C. The van der Waals surface area contributed by atoms with Crippen molar-refractivity contribution in [2.45, 2.75) is 53.1 Å². The van der Waals surface area contributed by atoms with Crippen molar-refractivity contribution in [3.05, 3.63) is 12.2 Å². The van der Waals surface area contributed by atoms with Crippen LogP contribution in [-0.2, 0) is 22.4 Å². The Balaban J connectivity index is 2.63. The van der Waals surface area contributed by atoms with Gasteiger partial charge in [-0.15, -0.1) is 0 Å². The lowest BCUT2D eigenvalue weighted by atomic mass is 10.2. The summed E-state index contributed by atoms with van der Waals surface area (Å²) in [5, 5.41) is 14.3. The minimum Gasteiger partial charge on any atom is -0.387 e. The number of hydrogen-bond donors (Lipinski definition) is 1. The first-order chi connectivity index (χ1) is 9.08. The van der Waals surface area contributed by atoms with Crippen LogP contribution < -0.4 is 0 Å². The Morgan fingerprint density at radius 3 is 2.42 bits per heavy atom. The zero-order chi connectivity index (χ0) is 14.3. The molecule has 0 aliphatic rings. The highest BCUT2D eigenvalue weighted by Gasteiger charge is 2.22. The van der Waals surface area contributed by atoms with Gasteiger partial charge in [-0.3, -0.25) is 0 Å². The van der Waals surface area contributed by atoms with Crippen molar-refractivity contribution >= 4 is 0 Å². The van der Waals surface area contributed by atoms with Crippen LogP contribution in [0.1, 0.15) is 33.5 Å². The molecule has 0 amide bonds. The van der Waals surface area contributed by atoms with E-state index in [-0.39, 0.29) is 0 Å². The van der Waals surface area contributed by atoms with Crippen molar-refractivity contribution in [3.8, 4) is 0 Å². The lowest BCUT2D eigenvalue weighted by molar-refractivity contribution is -0.189. The molecule has 19 heavy (non-hydrogen) atoms. The van der Waals surface area contributed by atoms with Gasteiger partial charge in [-0.05, 0) is 19.8 Å². The van der Waals surface area contributed by atoms with Crippen molar-refractivity contribution in [1.82, 2.24) is 14.8 Å². The van der Waals surface area contributed by atoms with Gasteiger partial charge in [0.2, 0.25) is 0 Å². The van der Waals surface area contributed by atoms with Gasteiger partial charge >= 0.3 is 0 Å². The average molecular weight is 271 g/mol. The lowest BCUT2D eigenvalue weighted by Crippen LogP contribution is -2.34. The third-order valence-corrected chi connectivity index (χ3v) is 2.60. The highest BCUT2D eigenvalue weighted by Crippen LogP contribution is 2.09. The molecule has 0 aliphatic heterocycles. The third-order valence-electron chi connectivity index (χ3n) is 2.60. The molecule has 6 nitrogen and oxygen atoms in total. The highest BCUT2D eigenvalue weighted by atomic mass is 16.7. The largest absolute Gasteiger partial charge is 0.387 e. The van der Waals surface area contributed by atoms with E-state index in [1.807, 2.05) is 18.5 Å². The van der Waals surface area contributed by atoms with Crippen LogP contribution in [0.25, 0.3) is 0 Å². The van der Waals surface area contributed by atoms with Crippen molar-refractivity contribution in [2.24, 2.45) is 5.92 Å². The van der Waals surface area contributed by atoms with E-state index in [1.54, 1.807) is 0 Å². The fourth-order valence-electron chi connectivity index (χ4n) is 1.83. The van der Waals surface area contributed by atoms with Crippen LogP contribution in [0.3, 0.4) is 0 Å². The summed E-state index contributed by atoms with van der Waals surface area (Å²) in [5.74, 6) is 1.23. The van der Waals surface area contributed by atoms with Crippen LogP contribution in [0, 0.1) is 5.92 Å². The molecule has 1 rings (SSSR count). The van der Waals surface area contributed by atoms with Crippen molar-refractivity contribution in [3.63, 3.8) is 0 Å². The minimum absolute atomic E-state index is 0.372. The Morgan fingerprint density at radius 2 is 1.89 bits per heavy atom. The third kappa shape index (κ3) is 5.26. The molecule has 110 valence electrons. The van der Waals surface area contributed by atoms with E-state index in [0.29, 0.717) is 25.6 Å². The summed E-state index contributed by atoms with van der Waals surface area (Å²) in [7, 11) is 0. The van der Waals surface area contributed by atoms with E-state index in [4.69, 9.17) is 9.47 Å². The Bertz CT molecular complexity index is 349. The molecule has 0 aliphatic carbocycles. The molecule has 6 heteroatoms. The van der Waals surface area contributed by atoms with Gasteiger partial charge in [0.05, 0.1) is 0 Å². The first-order valence-corrected chi connectivity index (χ1v) is 6.86. The first-order valence-electron chi connectivity index (χ1n) is 6.86. The summed E-state index contributed by atoms with van der Waals surface area (Å²) in [6.45, 7) is 9.77. The molecule has 0 aromatic carbocycles. The molecule has 1 aromatic heterocycles. The van der Waals surface area contributed by atoms with Crippen LogP contribution in [0.15, 0.2) is 6.33 Å². The van der Waals surface area contributed by atoms with Crippen molar-refractivity contribution in [1.29, 1.82) is 0 Å². The summed E-state index contributed by atoms with van der Waals surface area (Å²) in [5.41, 5.74) is 0. The minimum atomic E-state index is -0.741. The summed E-state index contributed by atoms with van der Waals surface area (Å²) in [4.78, 5) is 4.19. The van der Waals surface area contributed by atoms with Gasteiger partial charge < -0.3 is 14.6 Å².